The highest BCUT2D eigenvalue weighted by molar-refractivity contribution is 5.82. The van der Waals surface area contributed by atoms with E-state index in [-0.39, 0.29) is 17.5 Å². The van der Waals surface area contributed by atoms with Crippen LogP contribution in [-0.2, 0) is 0 Å². The summed E-state index contributed by atoms with van der Waals surface area (Å²) in [7, 11) is 3.19. The van der Waals surface area contributed by atoms with Gasteiger partial charge < -0.3 is 24.8 Å². The first kappa shape index (κ1) is 20.4. The Labute approximate surface area is 157 Å². The molecule has 6 nitrogen and oxygen atoms in total. The fraction of sp³-hybridized carbons (Fsp3) is 0.650. The molecule has 1 heterocycles. The molecular weight excluding hydrogens is 330 g/mol. The van der Waals surface area contributed by atoms with Gasteiger partial charge in [0.1, 0.15) is 11.5 Å². The van der Waals surface area contributed by atoms with Gasteiger partial charge in [0.2, 0.25) is 0 Å². The lowest BCUT2D eigenvalue weighted by Crippen LogP contribution is -2.72. The topological polar surface area (TPSA) is 66.3 Å². The summed E-state index contributed by atoms with van der Waals surface area (Å²) in [6.07, 6.45) is -0.731. The van der Waals surface area contributed by atoms with Crippen LogP contribution >= 0.6 is 0 Å². The minimum atomic E-state index is -0.731. The molecule has 0 aromatic heterocycles. The Morgan fingerprint density at radius 1 is 1.19 bits per heavy atom. The number of benzene rings is 1. The van der Waals surface area contributed by atoms with Crippen LogP contribution < -0.4 is 14.8 Å². The summed E-state index contributed by atoms with van der Waals surface area (Å²) in [5.74, 6) is 2.14. The molecule has 1 aromatic carbocycles. The van der Waals surface area contributed by atoms with Crippen molar-refractivity contribution >= 4 is 5.96 Å². The molecule has 0 saturated carbocycles. The highest BCUT2D eigenvalue weighted by Crippen LogP contribution is 2.46. The number of nitrogens with one attached hydrogen (secondary N) is 1. The standard InChI is InChI=1S/C20H33N3O3/c1-8-21-18(23-13-19(2,3)20(23,4)5)22-12-17(24)14-9-15(25-6)11-16(10-14)26-7/h9-11,17,24H,8,12-13H2,1-7H3,(H,21,22). The molecule has 1 fully saturated rings. The second-order valence-electron chi connectivity index (χ2n) is 7.89. The molecule has 1 atom stereocenters. The average Bonchev–Trinajstić information content (AvgIpc) is 2.62. The first-order valence-corrected chi connectivity index (χ1v) is 9.13. The van der Waals surface area contributed by atoms with Crippen molar-refractivity contribution in [2.45, 2.75) is 46.3 Å². The van der Waals surface area contributed by atoms with Crippen LogP contribution in [0, 0.1) is 5.41 Å². The van der Waals surface area contributed by atoms with Crippen LogP contribution in [0.3, 0.4) is 0 Å². The summed E-state index contributed by atoms with van der Waals surface area (Å²) < 4.78 is 10.6. The highest BCUT2D eigenvalue weighted by Gasteiger charge is 2.53. The van der Waals surface area contributed by atoms with Crippen molar-refractivity contribution in [1.29, 1.82) is 0 Å². The molecule has 0 amide bonds. The van der Waals surface area contributed by atoms with E-state index in [9.17, 15) is 5.11 Å². The van der Waals surface area contributed by atoms with E-state index in [1.807, 2.05) is 12.1 Å². The van der Waals surface area contributed by atoms with Gasteiger partial charge in [-0.15, -0.1) is 0 Å². The normalized spacial score (nSPS) is 19.5. The molecule has 1 aliphatic heterocycles. The van der Waals surface area contributed by atoms with Gasteiger partial charge in [0, 0.05) is 30.1 Å². The second-order valence-corrected chi connectivity index (χ2v) is 7.89. The zero-order valence-electron chi connectivity index (χ0n) is 17.1. The molecule has 0 spiro atoms. The number of aliphatic hydroxyl groups excluding tert-OH is 1. The molecule has 1 unspecified atom stereocenters. The summed E-state index contributed by atoms with van der Waals surface area (Å²) in [4.78, 5) is 6.96. The van der Waals surface area contributed by atoms with Gasteiger partial charge in [0.25, 0.3) is 0 Å². The first-order chi connectivity index (χ1) is 12.2. The molecule has 1 aromatic rings. The van der Waals surface area contributed by atoms with Crippen molar-refractivity contribution in [3.63, 3.8) is 0 Å². The maximum atomic E-state index is 10.6. The van der Waals surface area contributed by atoms with Crippen molar-refractivity contribution < 1.29 is 14.6 Å². The van der Waals surface area contributed by atoms with Crippen LogP contribution in [0.15, 0.2) is 23.2 Å². The predicted molar refractivity (Wildman–Crippen MR) is 105 cm³/mol. The average molecular weight is 364 g/mol. The van der Waals surface area contributed by atoms with Crippen LogP contribution in [0.5, 0.6) is 11.5 Å². The van der Waals surface area contributed by atoms with Crippen LogP contribution in [0.4, 0.5) is 0 Å². The fourth-order valence-electron chi connectivity index (χ4n) is 3.10. The lowest BCUT2D eigenvalue weighted by atomic mass is 9.65. The van der Waals surface area contributed by atoms with Crippen LogP contribution in [0.1, 0.15) is 46.3 Å². The minimum absolute atomic E-state index is 0.0120. The number of hydrogen-bond donors (Lipinski definition) is 2. The summed E-state index contributed by atoms with van der Waals surface area (Å²) in [6, 6.07) is 5.41. The number of ether oxygens (including phenoxy) is 2. The number of aliphatic hydroxyl groups is 1. The van der Waals surface area contributed by atoms with E-state index in [1.54, 1.807) is 20.3 Å². The smallest absolute Gasteiger partial charge is 0.194 e. The van der Waals surface area contributed by atoms with Gasteiger partial charge in [0.15, 0.2) is 5.96 Å². The molecule has 26 heavy (non-hydrogen) atoms. The quantitative estimate of drug-likeness (QED) is 0.601. The Morgan fingerprint density at radius 3 is 2.19 bits per heavy atom. The van der Waals surface area contributed by atoms with Gasteiger partial charge in [-0.05, 0) is 38.5 Å². The van der Waals surface area contributed by atoms with Gasteiger partial charge in [-0.1, -0.05) is 13.8 Å². The van der Waals surface area contributed by atoms with Gasteiger partial charge in [-0.2, -0.15) is 0 Å². The molecule has 146 valence electrons. The van der Waals surface area contributed by atoms with Crippen molar-refractivity contribution in [3.05, 3.63) is 23.8 Å². The lowest BCUT2D eigenvalue weighted by molar-refractivity contribution is -0.0668. The lowest BCUT2D eigenvalue weighted by Gasteiger charge is -2.62. The van der Waals surface area contributed by atoms with Crippen molar-refractivity contribution in [2.24, 2.45) is 10.4 Å². The third-order valence-electron chi connectivity index (χ3n) is 5.65. The highest BCUT2D eigenvalue weighted by atomic mass is 16.5. The van der Waals surface area contributed by atoms with Crippen molar-refractivity contribution in [3.8, 4) is 11.5 Å². The molecular formula is C20H33N3O3. The molecule has 0 radical (unpaired) electrons. The van der Waals surface area contributed by atoms with Crippen molar-refractivity contribution in [1.82, 2.24) is 10.2 Å². The molecule has 6 heteroatoms. The van der Waals surface area contributed by atoms with Gasteiger partial charge in [-0.3, -0.25) is 4.99 Å². The van der Waals surface area contributed by atoms with E-state index in [2.05, 4.69) is 49.8 Å². The molecule has 0 bridgehead atoms. The number of nitrogens with zero attached hydrogens (tertiary/aromatic N) is 2. The number of rotatable bonds is 6. The van der Waals surface area contributed by atoms with Crippen molar-refractivity contribution in [2.75, 3.05) is 33.9 Å². The number of hydrogen-bond acceptors (Lipinski definition) is 4. The SMILES string of the molecule is CCNC(=NCC(O)c1cc(OC)cc(OC)c1)N1CC(C)(C)C1(C)C. The minimum Gasteiger partial charge on any atom is -0.497 e. The Bertz CT molecular complexity index is 633. The Morgan fingerprint density at radius 2 is 1.77 bits per heavy atom. The summed E-state index contributed by atoms with van der Waals surface area (Å²) in [6.45, 7) is 13.0. The fourth-order valence-corrected chi connectivity index (χ4v) is 3.10. The Balaban J connectivity index is 2.17. The zero-order chi connectivity index (χ0) is 19.5. The van der Waals surface area contributed by atoms with Gasteiger partial charge in [-0.25, -0.2) is 0 Å². The van der Waals surface area contributed by atoms with Crippen LogP contribution in [0.2, 0.25) is 0 Å². The third-order valence-corrected chi connectivity index (χ3v) is 5.65. The Kier molecular flexibility index (Phi) is 6.06. The maximum absolute atomic E-state index is 10.6. The molecule has 1 saturated heterocycles. The summed E-state index contributed by atoms with van der Waals surface area (Å²) in [5.41, 5.74) is 0.962. The number of methoxy groups -OCH3 is 2. The molecule has 1 aliphatic rings. The first-order valence-electron chi connectivity index (χ1n) is 9.13. The summed E-state index contributed by atoms with van der Waals surface area (Å²) in [5, 5.41) is 14.0. The van der Waals surface area contributed by atoms with E-state index in [1.165, 1.54) is 0 Å². The maximum Gasteiger partial charge on any atom is 0.194 e. The number of aliphatic imine (C=N–C) groups is 1. The zero-order valence-corrected chi connectivity index (χ0v) is 17.1. The molecule has 2 rings (SSSR count). The van der Waals surface area contributed by atoms with E-state index < -0.39 is 6.10 Å². The molecule has 0 aliphatic carbocycles. The number of guanidine groups is 1. The van der Waals surface area contributed by atoms with Crippen LogP contribution in [0.25, 0.3) is 0 Å². The Hall–Kier alpha value is -1.95. The number of likely N-dealkylation sites (tertiary alicyclic amines) is 1. The van der Waals surface area contributed by atoms with E-state index in [4.69, 9.17) is 9.47 Å². The van der Waals surface area contributed by atoms with E-state index in [0.29, 0.717) is 11.5 Å². The molecule has 2 N–H and O–H groups in total. The summed E-state index contributed by atoms with van der Waals surface area (Å²) >= 11 is 0. The van der Waals surface area contributed by atoms with E-state index >= 15 is 0 Å². The van der Waals surface area contributed by atoms with Gasteiger partial charge in [0.05, 0.1) is 26.9 Å². The predicted octanol–water partition coefficient (Wildman–Crippen LogP) is 2.82. The van der Waals surface area contributed by atoms with Gasteiger partial charge >= 0.3 is 0 Å². The largest absolute Gasteiger partial charge is 0.497 e. The third kappa shape index (κ3) is 3.90. The van der Waals surface area contributed by atoms with Crippen LogP contribution in [-0.4, -0.2) is 55.4 Å². The monoisotopic (exact) mass is 363 g/mol. The van der Waals surface area contributed by atoms with E-state index in [0.717, 1.165) is 24.6 Å². The second kappa shape index (κ2) is 7.74.